The van der Waals surface area contributed by atoms with Crippen LogP contribution in [0, 0.1) is 19.3 Å². The van der Waals surface area contributed by atoms with Gasteiger partial charge in [0.2, 0.25) is 0 Å². The minimum Gasteiger partial charge on any atom is -0.395 e. The number of hydrogen-bond donors (Lipinski definition) is 2. The van der Waals surface area contributed by atoms with Crippen LogP contribution < -0.4 is 5.49 Å². The van der Waals surface area contributed by atoms with E-state index in [9.17, 15) is 5.11 Å². The summed E-state index contributed by atoms with van der Waals surface area (Å²) in [7, 11) is 0. The number of hydrogen-bond acceptors (Lipinski definition) is 4. The molecule has 0 aliphatic carbocycles. The smallest absolute Gasteiger partial charge is 0.145 e. The van der Waals surface area contributed by atoms with Crippen LogP contribution in [0.4, 0.5) is 0 Å². The van der Waals surface area contributed by atoms with Gasteiger partial charge in [-0.05, 0) is 37.1 Å². The fourth-order valence-electron chi connectivity index (χ4n) is 2.77. The zero-order valence-electron chi connectivity index (χ0n) is 12.7. The summed E-state index contributed by atoms with van der Waals surface area (Å²) in [5, 5.41) is 18.6. The van der Waals surface area contributed by atoms with Crippen LogP contribution in [-0.4, -0.2) is 30.8 Å². The first-order valence-electron chi connectivity index (χ1n) is 7.22. The molecule has 3 aromatic rings. The molecule has 22 heavy (non-hydrogen) atoms. The highest BCUT2D eigenvalue weighted by atomic mass is 16.3. The highest BCUT2D eigenvalue weighted by Crippen LogP contribution is 2.20. The number of aliphatic hydroxyl groups is 1. The highest BCUT2D eigenvalue weighted by molar-refractivity contribution is 5.80. The standard InChI is InChI=1S/C16H19N5O/c1-11-12(2)21(7-8-22)16-14(11)15(17)20(10-19-16)9-13-3-5-18-6-4-13/h3-6,10,17,22H,7-9H2,1-2H3. The van der Waals surface area contributed by atoms with Crippen LogP contribution in [0.2, 0.25) is 0 Å². The van der Waals surface area contributed by atoms with Crippen LogP contribution in [0.3, 0.4) is 0 Å². The molecule has 0 amide bonds. The van der Waals surface area contributed by atoms with Gasteiger partial charge in [0.15, 0.2) is 0 Å². The van der Waals surface area contributed by atoms with E-state index in [0.717, 1.165) is 27.9 Å². The first-order valence-corrected chi connectivity index (χ1v) is 7.22. The second kappa shape index (κ2) is 5.73. The van der Waals surface area contributed by atoms with Gasteiger partial charge in [0, 0.05) is 24.6 Å². The molecule has 6 nitrogen and oxygen atoms in total. The number of fused-ring (bicyclic) bond motifs is 1. The Morgan fingerprint density at radius 1 is 1.23 bits per heavy atom. The monoisotopic (exact) mass is 297 g/mol. The lowest BCUT2D eigenvalue weighted by molar-refractivity contribution is 0.276. The van der Waals surface area contributed by atoms with E-state index >= 15 is 0 Å². The maximum atomic E-state index is 9.22. The summed E-state index contributed by atoms with van der Waals surface area (Å²) < 4.78 is 3.80. The summed E-state index contributed by atoms with van der Waals surface area (Å²) in [6, 6.07) is 3.87. The molecule has 3 rings (SSSR count). The molecule has 0 unspecified atom stereocenters. The fourth-order valence-corrected chi connectivity index (χ4v) is 2.77. The van der Waals surface area contributed by atoms with E-state index in [0.29, 0.717) is 18.6 Å². The Hall–Kier alpha value is -2.47. The lowest BCUT2D eigenvalue weighted by atomic mass is 10.2. The predicted molar refractivity (Wildman–Crippen MR) is 83.5 cm³/mol. The van der Waals surface area contributed by atoms with Crippen molar-refractivity contribution in [3.8, 4) is 0 Å². The highest BCUT2D eigenvalue weighted by Gasteiger charge is 2.14. The second-order valence-corrected chi connectivity index (χ2v) is 5.36. The average Bonchev–Trinajstić information content (AvgIpc) is 2.77. The van der Waals surface area contributed by atoms with E-state index in [1.54, 1.807) is 18.7 Å². The van der Waals surface area contributed by atoms with Gasteiger partial charge in [-0.2, -0.15) is 0 Å². The molecule has 0 aliphatic heterocycles. The van der Waals surface area contributed by atoms with Gasteiger partial charge >= 0.3 is 0 Å². The molecular weight excluding hydrogens is 278 g/mol. The molecule has 0 atom stereocenters. The Labute approximate surface area is 128 Å². The van der Waals surface area contributed by atoms with Crippen LogP contribution in [0.25, 0.3) is 11.0 Å². The number of aromatic nitrogens is 4. The zero-order chi connectivity index (χ0) is 15.7. The zero-order valence-corrected chi connectivity index (χ0v) is 12.7. The summed E-state index contributed by atoms with van der Waals surface area (Å²) in [4.78, 5) is 8.53. The molecule has 0 spiro atoms. The van der Waals surface area contributed by atoms with E-state index in [-0.39, 0.29) is 6.61 Å². The topological polar surface area (TPSA) is 79.7 Å². The molecule has 3 heterocycles. The Balaban J connectivity index is 2.14. The minimum atomic E-state index is 0.0605. The van der Waals surface area contributed by atoms with Gasteiger partial charge in [-0.3, -0.25) is 10.4 Å². The van der Waals surface area contributed by atoms with Crippen molar-refractivity contribution in [1.29, 1.82) is 5.41 Å². The molecule has 0 aromatic carbocycles. The van der Waals surface area contributed by atoms with Gasteiger partial charge in [0.25, 0.3) is 0 Å². The second-order valence-electron chi connectivity index (χ2n) is 5.36. The Morgan fingerprint density at radius 2 is 1.95 bits per heavy atom. The number of aryl methyl sites for hydroxylation is 1. The molecule has 0 saturated heterocycles. The molecule has 0 bridgehead atoms. The van der Waals surface area contributed by atoms with Gasteiger partial charge < -0.3 is 14.2 Å². The van der Waals surface area contributed by atoms with Gasteiger partial charge in [-0.1, -0.05) is 0 Å². The SMILES string of the molecule is Cc1c(C)n(CCO)c2ncn(Cc3ccncc3)c(=N)c12. The van der Waals surface area contributed by atoms with Crippen molar-refractivity contribution in [1.82, 2.24) is 19.1 Å². The molecule has 6 heteroatoms. The van der Waals surface area contributed by atoms with Crippen molar-refractivity contribution in [2.45, 2.75) is 26.9 Å². The predicted octanol–water partition coefficient (Wildman–Crippen LogP) is 1.37. The first-order chi connectivity index (χ1) is 10.6. The van der Waals surface area contributed by atoms with E-state index in [1.165, 1.54) is 0 Å². The van der Waals surface area contributed by atoms with E-state index < -0.39 is 0 Å². The van der Waals surface area contributed by atoms with Crippen LogP contribution >= 0.6 is 0 Å². The number of nitrogens with one attached hydrogen (secondary N) is 1. The first kappa shape index (κ1) is 14.5. The van der Waals surface area contributed by atoms with Crippen LogP contribution in [0.15, 0.2) is 30.9 Å². The molecular formula is C16H19N5O. The molecule has 2 N–H and O–H groups in total. The van der Waals surface area contributed by atoms with Gasteiger partial charge in [-0.25, -0.2) is 4.98 Å². The lowest BCUT2D eigenvalue weighted by Gasteiger charge is -2.08. The minimum absolute atomic E-state index is 0.0605. The quantitative estimate of drug-likeness (QED) is 0.763. The largest absolute Gasteiger partial charge is 0.395 e. The molecule has 3 aromatic heterocycles. The maximum Gasteiger partial charge on any atom is 0.145 e. The van der Waals surface area contributed by atoms with Crippen molar-refractivity contribution in [2.75, 3.05) is 6.61 Å². The Bertz CT molecular complexity index is 864. The third kappa shape index (κ3) is 2.31. The number of pyridine rings is 1. The van der Waals surface area contributed by atoms with Crippen molar-refractivity contribution in [3.63, 3.8) is 0 Å². The van der Waals surface area contributed by atoms with Gasteiger partial charge in [-0.15, -0.1) is 0 Å². The average molecular weight is 297 g/mol. The molecule has 114 valence electrons. The van der Waals surface area contributed by atoms with Crippen LogP contribution in [-0.2, 0) is 13.1 Å². The van der Waals surface area contributed by atoms with Crippen LogP contribution in [0.1, 0.15) is 16.8 Å². The van der Waals surface area contributed by atoms with Crippen LogP contribution in [0.5, 0.6) is 0 Å². The fraction of sp³-hybridized carbons (Fsp3) is 0.312. The molecule has 0 aliphatic rings. The summed E-state index contributed by atoms with van der Waals surface area (Å²) in [6.07, 6.45) is 5.19. The third-order valence-electron chi connectivity index (χ3n) is 4.07. The molecule has 0 radical (unpaired) electrons. The Morgan fingerprint density at radius 3 is 2.64 bits per heavy atom. The number of nitrogens with zero attached hydrogens (tertiary/aromatic N) is 4. The van der Waals surface area contributed by atoms with Crippen molar-refractivity contribution >= 4 is 11.0 Å². The summed E-state index contributed by atoms with van der Waals surface area (Å²) >= 11 is 0. The molecule has 0 saturated carbocycles. The number of aliphatic hydroxyl groups excluding tert-OH is 1. The summed E-state index contributed by atoms with van der Waals surface area (Å²) in [5.41, 5.74) is 4.38. The van der Waals surface area contributed by atoms with E-state index in [1.807, 2.05) is 35.1 Å². The van der Waals surface area contributed by atoms with E-state index in [2.05, 4.69) is 9.97 Å². The maximum absolute atomic E-state index is 9.22. The van der Waals surface area contributed by atoms with E-state index in [4.69, 9.17) is 5.41 Å². The van der Waals surface area contributed by atoms with Gasteiger partial charge in [0.1, 0.15) is 11.1 Å². The molecule has 0 fully saturated rings. The van der Waals surface area contributed by atoms with Gasteiger partial charge in [0.05, 0.1) is 24.9 Å². The third-order valence-corrected chi connectivity index (χ3v) is 4.07. The lowest BCUT2D eigenvalue weighted by Crippen LogP contribution is -2.22. The summed E-state index contributed by atoms with van der Waals surface area (Å²) in [6.45, 7) is 5.15. The van der Waals surface area contributed by atoms with Crippen molar-refractivity contribution in [3.05, 3.63) is 53.2 Å². The van der Waals surface area contributed by atoms with Crippen molar-refractivity contribution in [2.24, 2.45) is 0 Å². The normalized spacial score (nSPS) is 11.2. The Kier molecular flexibility index (Phi) is 3.77. The summed E-state index contributed by atoms with van der Waals surface area (Å²) in [5.74, 6) is 0. The number of rotatable bonds is 4. The van der Waals surface area contributed by atoms with Crippen molar-refractivity contribution < 1.29 is 5.11 Å².